The molecule has 0 amide bonds. The van der Waals surface area contributed by atoms with Gasteiger partial charge in [-0.15, -0.1) is 0 Å². The van der Waals surface area contributed by atoms with E-state index < -0.39 is 17.5 Å². The van der Waals surface area contributed by atoms with E-state index in [0.717, 1.165) is 18.2 Å². The fourth-order valence-corrected chi connectivity index (χ4v) is 2.78. The molecule has 2 aromatic carbocycles. The van der Waals surface area contributed by atoms with Crippen LogP contribution >= 0.6 is 23.2 Å². The van der Waals surface area contributed by atoms with Crippen LogP contribution in [0.25, 0.3) is 17.4 Å². The molecule has 1 heterocycles. The molecule has 0 fully saturated rings. The second kappa shape index (κ2) is 7.62. The predicted molar refractivity (Wildman–Crippen MR) is 99.0 cm³/mol. The number of halogens is 5. The molecule has 0 unspecified atom stereocenters. The van der Waals surface area contributed by atoms with Crippen LogP contribution in [0, 0.1) is 0 Å². The first-order chi connectivity index (χ1) is 12.8. The van der Waals surface area contributed by atoms with E-state index in [1.807, 2.05) is 0 Å². The number of rotatable bonds is 4. The predicted octanol–water partition coefficient (Wildman–Crippen LogP) is 7.17. The zero-order valence-corrected chi connectivity index (χ0v) is 15.1. The molecule has 0 aliphatic carbocycles. The molecule has 0 N–H and O–H groups in total. The maximum absolute atomic E-state index is 12.7. The highest BCUT2D eigenvalue weighted by molar-refractivity contribution is 6.43. The highest BCUT2D eigenvalue weighted by Gasteiger charge is 2.30. The lowest BCUT2D eigenvalue weighted by Gasteiger charge is -2.06. The molecule has 1 aromatic heterocycles. The summed E-state index contributed by atoms with van der Waals surface area (Å²) < 4.78 is 43.8. The van der Waals surface area contributed by atoms with Gasteiger partial charge in [0.25, 0.3) is 0 Å². The van der Waals surface area contributed by atoms with Gasteiger partial charge in [0.15, 0.2) is 5.78 Å². The highest BCUT2D eigenvalue weighted by atomic mass is 35.5. The van der Waals surface area contributed by atoms with Crippen LogP contribution in [0.2, 0.25) is 10.0 Å². The van der Waals surface area contributed by atoms with E-state index in [4.69, 9.17) is 27.6 Å². The number of furan rings is 1. The van der Waals surface area contributed by atoms with Gasteiger partial charge in [0.05, 0.1) is 15.6 Å². The SMILES string of the molecule is O=C(C=Cc1ccc(-c2cccc(Cl)c2Cl)o1)c1cccc(C(F)(F)F)c1. The Hall–Kier alpha value is -2.50. The van der Waals surface area contributed by atoms with Crippen molar-refractivity contribution in [3.63, 3.8) is 0 Å². The van der Waals surface area contributed by atoms with E-state index in [0.29, 0.717) is 27.1 Å². The number of carbonyl (C=O) groups excluding carboxylic acids is 1. The molecule has 7 heteroatoms. The molecule has 27 heavy (non-hydrogen) atoms. The number of alkyl halides is 3. The zero-order valence-electron chi connectivity index (χ0n) is 13.6. The molecule has 0 radical (unpaired) electrons. The van der Waals surface area contributed by atoms with E-state index in [-0.39, 0.29) is 5.56 Å². The van der Waals surface area contributed by atoms with E-state index in [1.54, 1.807) is 30.3 Å². The summed E-state index contributed by atoms with van der Waals surface area (Å²) in [4.78, 5) is 12.1. The first kappa shape index (κ1) is 19.3. The van der Waals surface area contributed by atoms with Crippen LogP contribution < -0.4 is 0 Å². The van der Waals surface area contributed by atoms with E-state index in [1.165, 1.54) is 18.2 Å². The summed E-state index contributed by atoms with van der Waals surface area (Å²) in [6.07, 6.45) is -1.98. The molecule has 0 atom stereocenters. The summed E-state index contributed by atoms with van der Waals surface area (Å²) >= 11 is 12.1. The standard InChI is InChI=1S/C20H11Cl2F3O2/c21-16-6-2-5-15(19(16)22)18-10-8-14(27-18)7-9-17(26)12-3-1-4-13(11-12)20(23,24)25/h1-11H. The summed E-state index contributed by atoms with van der Waals surface area (Å²) in [5, 5.41) is 0.714. The third-order valence-electron chi connectivity index (χ3n) is 3.72. The van der Waals surface area contributed by atoms with Crippen LogP contribution in [0.15, 0.2) is 65.1 Å². The van der Waals surface area contributed by atoms with Gasteiger partial charge in [0.1, 0.15) is 11.5 Å². The lowest BCUT2D eigenvalue weighted by Crippen LogP contribution is -2.06. The Morgan fingerprint density at radius 2 is 1.74 bits per heavy atom. The molecule has 3 rings (SSSR count). The average Bonchev–Trinajstić information content (AvgIpc) is 3.10. The van der Waals surface area contributed by atoms with Crippen LogP contribution in [0.4, 0.5) is 13.2 Å². The second-order valence-corrected chi connectivity index (χ2v) is 6.36. The fraction of sp³-hybridized carbons (Fsp3) is 0.0500. The molecule has 3 aromatic rings. The van der Waals surface area contributed by atoms with Gasteiger partial charge in [0, 0.05) is 11.1 Å². The maximum Gasteiger partial charge on any atom is 0.416 e. The van der Waals surface area contributed by atoms with Crippen molar-refractivity contribution in [1.29, 1.82) is 0 Å². The molecule has 0 spiro atoms. The lowest BCUT2D eigenvalue weighted by atomic mass is 10.1. The quantitative estimate of drug-likeness (QED) is 0.337. The van der Waals surface area contributed by atoms with Crippen LogP contribution in [-0.2, 0) is 6.18 Å². The van der Waals surface area contributed by atoms with Gasteiger partial charge >= 0.3 is 6.18 Å². The molecule has 0 saturated carbocycles. The van der Waals surface area contributed by atoms with Crippen molar-refractivity contribution in [2.45, 2.75) is 6.18 Å². The molecular weight excluding hydrogens is 400 g/mol. The first-order valence-corrected chi connectivity index (χ1v) is 8.45. The Morgan fingerprint density at radius 1 is 1.00 bits per heavy atom. The van der Waals surface area contributed by atoms with Crippen molar-refractivity contribution >= 4 is 35.1 Å². The first-order valence-electron chi connectivity index (χ1n) is 7.69. The minimum Gasteiger partial charge on any atom is -0.457 e. The molecule has 0 bridgehead atoms. The normalized spacial score (nSPS) is 11.9. The topological polar surface area (TPSA) is 30.2 Å². The Bertz CT molecular complexity index is 1020. The average molecular weight is 411 g/mol. The van der Waals surface area contributed by atoms with Gasteiger partial charge in [-0.25, -0.2) is 0 Å². The smallest absolute Gasteiger partial charge is 0.416 e. The van der Waals surface area contributed by atoms with E-state index in [9.17, 15) is 18.0 Å². The van der Waals surface area contributed by atoms with Crippen molar-refractivity contribution in [3.8, 4) is 11.3 Å². The Morgan fingerprint density at radius 3 is 2.48 bits per heavy atom. The minimum atomic E-state index is -4.51. The van der Waals surface area contributed by atoms with Crippen LogP contribution in [-0.4, -0.2) is 5.78 Å². The van der Waals surface area contributed by atoms with Crippen molar-refractivity contribution in [1.82, 2.24) is 0 Å². The molecule has 0 saturated heterocycles. The molecule has 0 aliphatic heterocycles. The fourth-order valence-electron chi connectivity index (χ4n) is 2.38. The molecule has 138 valence electrons. The van der Waals surface area contributed by atoms with Gasteiger partial charge < -0.3 is 4.42 Å². The minimum absolute atomic E-state index is 0.0641. The Kier molecular flexibility index (Phi) is 5.44. The second-order valence-electron chi connectivity index (χ2n) is 5.58. The van der Waals surface area contributed by atoms with Crippen LogP contribution in [0.5, 0.6) is 0 Å². The van der Waals surface area contributed by atoms with Gasteiger partial charge in [-0.1, -0.05) is 41.4 Å². The van der Waals surface area contributed by atoms with Crippen molar-refractivity contribution < 1.29 is 22.4 Å². The van der Waals surface area contributed by atoms with Crippen molar-refractivity contribution in [2.24, 2.45) is 0 Å². The summed E-state index contributed by atoms with van der Waals surface area (Å²) in [5.41, 5.74) is -0.351. The van der Waals surface area contributed by atoms with E-state index in [2.05, 4.69) is 0 Å². The number of ketones is 1. The number of hydrogen-bond acceptors (Lipinski definition) is 2. The summed E-state index contributed by atoms with van der Waals surface area (Å²) in [7, 11) is 0. The monoisotopic (exact) mass is 410 g/mol. The number of carbonyl (C=O) groups is 1. The van der Waals surface area contributed by atoms with Crippen molar-refractivity contribution in [3.05, 3.63) is 87.6 Å². The summed E-state index contributed by atoms with van der Waals surface area (Å²) in [6, 6.07) is 12.6. The Balaban J connectivity index is 1.80. The number of benzene rings is 2. The summed E-state index contributed by atoms with van der Waals surface area (Å²) in [6.45, 7) is 0. The summed E-state index contributed by atoms with van der Waals surface area (Å²) in [5.74, 6) is 0.231. The molecular formula is C20H11Cl2F3O2. The molecule has 0 aliphatic rings. The highest BCUT2D eigenvalue weighted by Crippen LogP contribution is 2.34. The zero-order chi connectivity index (χ0) is 19.6. The van der Waals surface area contributed by atoms with Gasteiger partial charge in [-0.3, -0.25) is 4.79 Å². The number of hydrogen-bond donors (Lipinski definition) is 0. The maximum atomic E-state index is 12.7. The van der Waals surface area contributed by atoms with Gasteiger partial charge in [-0.05, 0) is 48.6 Å². The Labute approximate surface area is 162 Å². The van der Waals surface area contributed by atoms with Crippen molar-refractivity contribution in [2.75, 3.05) is 0 Å². The largest absolute Gasteiger partial charge is 0.457 e. The van der Waals surface area contributed by atoms with Gasteiger partial charge in [-0.2, -0.15) is 13.2 Å². The third-order valence-corrected chi connectivity index (χ3v) is 4.54. The number of allylic oxidation sites excluding steroid dienone is 1. The molecule has 2 nitrogen and oxygen atoms in total. The third kappa shape index (κ3) is 4.43. The lowest BCUT2D eigenvalue weighted by molar-refractivity contribution is -0.137. The van der Waals surface area contributed by atoms with Gasteiger partial charge in [0.2, 0.25) is 0 Å². The van der Waals surface area contributed by atoms with Crippen LogP contribution in [0.3, 0.4) is 0 Å². The van der Waals surface area contributed by atoms with Crippen LogP contribution in [0.1, 0.15) is 21.7 Å². The van der Waals surface area contributed by atoms with E-state index >= 15 is 0 Å².